The summed E-state index contributed by atoms with van der Waals surface area (Å²) in [4.78, 5) is 22.5. The van der Waals surface area contributed by atoms with Crippen LogP contribution in [-0.4, -0.2) is 39.4 Å². The first-order chi connectivity index (χ1) is 10.1. The molecule has 1 aliphatic heterocycles. The zero-order valence-corrected chi connectivity index (χ0v) is 15.3. The number of aromatic amines is 1. The summed E-state index contributed by atoms with van der Waals surface area (Å²) in [6.45, 7) is 3.68. The maximum absolute atomic E-state index is 12.9. The standard InChI is InChI=1S/C16H26N4O.2ClH/c1-16(17)7-3-2-6-13(16)15(21)20-10-4-5-12(11-20)14-18-8-9-19-14;;/h8-9,12-13H,2-7,10-11,17H2,1H3,(H,18,19);2*1H. The van der Waals surface area contributed by atoms with Crippen LogP contribution in [0.25, 0.3) is 0 Å². The van der Waals surface area contributed by atoms with E-state index >= 15 is 0 Å². The van der Waals surface area contributed by atoms with Crippen LogP contribution in [0.4, 0.5) is 0 Å². The van der Waals surface area contributed by atoms with Crippen molar-refractivity contribution in [1.29, 1.82) is 0 Å². The van der Waals surface area contributed by atoms with E-state index in [1.54, 1.807) is 6.20 Å². The summed E-state index contributed by atoms with van der Waals surface area (Å²) in [7, 11) is 0. The third-order valence-corrected chi connectivity index (χ3v) is 5.19. The summed E-state index contributed by atoms with van der Waals surface area (Å²) in [6, 6.07) is 0. The molecule has 1 aromatic heterocycles. The molecular weight excluding hydrogens is 335 g/mol. The molecule has 2 fully saturated rings. The van der Waals surface area contributed by atoms with Crippen LogP contribution in [0, 0.1) is 5.92 Å². The zero-order chi connectivity index (χ0) is 14.9. The summed E-state index contributed by atoms with van der Waals surface area (Å²) in [6.07, 6.45) is 9.95. The van der Waals surface area contributed by atoms with Crippen molar-refractivity contribution in [2.24, 2.45) is 11.7 Å². The highest BCUT2D eigenvalue weighted by Crippen LogP contribution is 2.34. The number of aromatic nitrogens is 2. The quantitative estimate of drug-likeness (QED) is 0.848. The van der Waals surface area contributed by atoms with E-state index in [4.69, 9.17) is 5.73 Å². The molecule has 0 spiro atoms. The molecule has 3 rings (SSSR count). The van der Waals surface area contributed by atoms with Crippen LogP contribution in [0.5, 0.6) is 0 Å². The van der Waals surface area contributed by atoms with Gasteiger partial charge >= 0.3 is 0 Å². The average Bonchev–Trinajstić information content (AvgIpc) is 3.00. The van der Waals surface area contributed by atoms with Gasteiger partial charge in [0.2, 0.25) is 5.91 Å². The largest absolute Gasteiger partial charge is 0.348 e. The molecule has 2 aliphatic rings. The number of carbonyl (C=O) groups excluding carboxylic acids is 1. The van der Waals surface area contributed by atoms with Crippen molar-refractivity contribution in [2.45, 2.75) is 56.9 Å². The lowest BCUT2D eigenvalue weighted by Crippen LogP contribution is -2.55. The number of H-pyrrole nitrogens is 1. The molecule has 1 aromatic rings. The van der Waals surface area contributed by atoms with Gasteiger partial charge in [0.15, 0.2) is 0 Å². The van der Waals surface area contributed by atoms with Crippen molar-refractivity contribution in [2.75, 3.05) is 13.1 Å². The van der Waals surface area contributed by atoms with E-state index in [0.29, 0.717) is 5.92 Å². The number of carbonyl (C=O) groups is 1. The molecule has 5 nitrogen and oxygen atoms in total. The summed E-state index contributed by atoms with van der Waals surface area (Å²) in [5.74, 6) is 1.59. The molecule has 0 radical (unpaired) electrons. The van der Waals surface area contributed by atoms with Crippen LogP contribution < -0.4 is 5.73 Å². The normalized spacial score (nSPS) is 31.0. The van der Waals surface area contributed by atoms with Gasteiger partial charge in [-0.3, -0.25) is 4.79 Å². The number of amides is 1. The van der Waals surface area contributed by atoms with E-state index in [-0.39, 0.29) is 42.2 Å². The SMILES string of the molecule is CC1(N)CCCCC1C(=O)N1CCCC(c2ncc[nH]2)C1.Cl.Cl. The molecule has 3 atom stereocenters. The van der Waals surface area contributed by atoms with Gasteiger partial charge in [0.05, 0.1) is 5.92 Å². The first-order valence-corrected chi connectivity index (χ1v) is 8.15. The maximum Gasteiger partial charge on any atom is 0.227 e. The highest BCUT2D eigenvalue weighted by atomic mass is 35.5. The molecule has 0 bridgehead atoms. The van der Waals surface area contributed by atoms with Gasteiger partial charge in [-0.05, 0) is 32.6 Å². The van der Waals surface area contributed by atoms with Gasteiger partial charge in [-0.15, -0.1) is 24.8 Å². The highest BCUT2D eigenvalue weighted by molar-refractivity contribution is 5.85. The third kappa shape index (κ3) is 4.40. The molecule has 0 aromatic carbocycles. The van der Waals surface area contributed by atoms with E-state index in [9.17, 15) is 4.79 Å². The van der Waals surface area contributed by atoms with Crippen LogP contribution >= 0.6 is 24.8 Å². The van der Waals surface area contributed by atoms with E-state index in [0.717, 1.165) is 57.4 Å². The average molecular weight is 363 g/mol. The predicted molar refractivity (Wildman–Crippen MR) is 96.2 cm³/mol. The number of nitrogens with two attached hydrogens (primary N) is 1. The Morgan fingerprint density at radius 3 is 2.78 bits per heavy atom. The summed E-state index contributed by atoms with van der Waals surface area (Å²) in [5.41, 5.74) is 6.05. The number of imidazole rings is 1. The highest BCUT2D eigenvalue weighted by Gasteiger charge is 2.40. The molecule has 1 saturated heterocycles. The molecule has 132 valence electrons. The topological polar surface area (TPSA) is 75.0 Å². The fourth-order valence-electron chi connectivity index (χ4n) is 3.89. The van der Waals surface area contributed by atoms with Gasteiger partial charge in [0, 0.05) is 36.9 Å². The molecule has 1 saturated carbocycles. The number of piperidine rings is 1. The Morgan fingerprint density at radius 1 is 1.35 bits per heavy atom. The van der Waals surface area contributed by atoms with Crippen molar-refractivity contribution in [3.05, 3.63) is 18.2 Å². The second-order valence-electron chi connectivity index (χ2n) is 6.90. The zero-order valence-electron chi connectivity index (χ0n) is 13.7. The van der Waals surface area contributed by atoms with Gasteiger partial charge in [-0.25, -0.2) is 4.98 Å². The maximum atomic E-state index is 12.9. The summed E-state index contributed by atoms with van der Waals surface area (Å²) >= 11 is 0. The van der Waals surface area contributed by atoms with E-state index in [2.05, 4.69) is 9.97 Å². The van der Waals surface area contributed by atoms with Crippen LogP contribution in [0.3, 0.4) is 0 Å². The number of hydrogen-bond donors (Lipinski definition) is 2. The number of rotatable bonds is 2. The van der Waals surface area contributed by atoms with Crippen LogP contribution in [-0.2, 0) is 4.79 Å². The Hall–Kier alpha value is -0.780. The first kappa shape index (κ1) is 20.3. The minimum Gasteiger partial charge on any atom is -0.348 e. The van der Waals surface area contributed by atoms with E-state index < -0.39 is 0 Å². The lowest BCUT2D eigenvalue weighted by molar-refractivity contribution is -0.140. The molecule has 23 heavy (non-hydrogen) atoms. The molecule has 1 aliphatic carbocycles. The number of halogens is 2. The lowest BCUT2D eigenvalue weighted by atomic mass is 9.73. The fraction of sp³-hybridized carbons (Fsp3) is 0.750. The molecule has 2 heterocycles. The van der Waals surface area contributed by atoms with Crippen molar-refractivity contribution < 1.29 is 4.79 Å². The van der Waals surface area contributed by atoms with Gasteiger partial charge in [0.25, 0.3) is 0 Å². The van der Waals surface area contributed by atoms with Crippen molar-refractivity contribution in [3.63, 3.8) is 0 Å². The number of likely N-dealkylation sites (tertiary alicyclic amines) is 1. The Bertz CT molecular complexity index is 492. The Labute approximate surface area is 150 Å². The number of nitrogens with one attached hydrogen (secondary N) is 1. The minimum atomic E-state index is -0.340. The first-order valence-electron chi connectivity index (χ1n) is 8.15. The minimum absolute atomic E-state index is 0. The van der Waals surface area contributed by atoms with Gasteiger partial charge in [-0.2, -0.15) is 0 Å². The monoisotopic (exact) mass is 362 g/mol. The van der Waals surface area contributed by atoms with E-state index in [1.165, 1.54) is 0 Å². The second-order valence-corrected chi connectivity index (χ2v) is 6.90. The Balaban J connectivity index is 0.00000132. The third-order valence-electron chi connectivity index (χ3n) is 5.19. The van der Waals surface area contributed by atoms with Gasteiger partial charge < -0.3 is 15.6 Å². The Morgan fingerprint density at radius 2 is 2.13 bits per heavy atom. The van der Waals surface area contributed by atoms with Gasteiger partial charge in [0.1, 0.15) is 5.82 Å². The second kappa shape index (κ2) is 8.36. The fourth-order valence-corrected chi connectivity index (χ4v) is 3.89. The van der Waals surface area contributed by atoms with Crippen molar-refractivity contribution in [3.8, 4) is 0 Å². The van der Waals surface area contributed by atoms with Crippen LogP contribution in [0.15, 0.2) is 12.4 Å². The summed E-state index contributed by atoms with van der Waals surface area (Å²) in [5, 5.41) is 0. The molecular formula is C16H28Cl2N4O. The molecule has 3 unspecified atom stereocenters. The predicted octanol–water partition coefficient (Wildman–Crippen LogP) is 2.87. The summed E-state index contributed by atoms with van der Waals surface area (Å²) < 4.78 is 0. The smallest absolute Gasteiger partial charge is 0.227 e. The Kier molecular flexibility index (Phi) is 7.36. The molecule has 3 N–H and O–H groups in total. The van der Waals surface area contributed by atoms with Crippen molar-refractivity contribution >= 4 is 30.7 Å². The lowest BCUT2D eigenvalue weighted by Gasteiger charge is -2.42. The van der Waals surface area contributed by atoms with Crippen LogP contribution in [0.1, 0.15) is 57.2 Å². The van der Waals surface area contributed by atoms with Crippen LogP contribution in [0.2, 0.25) is 0 Å². The molecule has 7 heteroatoms. The van der Waals surface area contributed by atoms with Gasteiger partial charge in [-0.1, -0.05) is 12.8 Å². The molecule has 1 amide bonds. The van der Waals surface area contributed by atoms with E-state index in [1.807, 2.05) is 18.0 Å². The number of hydrogen-bond acceptors (Lipinski definition) is 3. The number of nitrogens with zero attached hydrogens (tertiary/aromatic N) is 2. The van der Waals surface area contributed by atoms with Crippen molar-refractivity contribution in [1.82, 2.24) is 14.9 Å².